The highest BCUT2D eigenvalue weighted by Crippen LogP contribution is 2.14. The minimum atomic E-state index is -2.00. The van der Waals surface area contributed by atoms with E-state index in [1.54, 1.807) is 0 Å². The largest absolute Gasteiger partial charge is 0.480 e. The van der Waals surface area contributed by atoms with Crippen molar-refractivity contribution in [1.82, 2.24) is 25.3 Å². The van der Waals surface area contributed by atoms with Gasteiger partial charge in [-0.05, 0) is 6.92 Å². The van der Waals surface area contributed by atoms with Crippen molar-refractivity contribution in [2.45, 2.75) is 31.1 Å². The number of carbonyl (C=O) groups is 5. The number of carbonyl (C=O) groups excluding carboxylic acids is 1. The molecule has 0 aliphatic rings. The molecule has 1 amide bonds. The summed E-state index contributed by atoms with van der Waals surface area (Å²) in [5, 5.41) is 79.9. The molecule has 0 aliphatic carbocycles. The first-order chi connectivity index (χ1) is 20.0. The third kappa shape index (κ3) is 19.0. The van der Waals surface area contributed by atoms with E-state index in [4.69, 9.17) is 25.8 Å². The van der Waals surface area contributed by atoms with Crippen molar-refractivity contribution in [3.63, 3.8) is 0 Å². The first-order valence-electron chi connectivity index (χ1n) is 13.1. The van der Waals surface area contributed by atoms with Crippen LogP contribution in [-0.2, 0) is 28.7 Å². The number of aliphatic carboxylic acids is 4. The number of aliphatic hydroxyl groups excluding tert-OH is 4. The summed E-state index contributed by atoms with van der Waals surface area (Å²) in [5.41, 5.74) is 3.93. The molecule has 4 atom stereocenters. The number of aliphatic hydroxyl groups is 4. The van der Waals surface area contributed by atoms with Crippen LogP contribution in [0.1, 0.15) is 6.92 Å². The second kappa shape index (κ2) is 20.8. The number of amides is 1. The Morgan fingerprint density at radius 3 is 1.58 bits per heavy atom. The van der Waals surface area contributed by atoms with Gasteiger partial charge in [-0.15, -0.1) is 0 Å². The maximum absolute atomic E-state index is 12.4. The second-order valence-electron chi connectivity index (χ2n) is 9.69. The zero-order valence-electron chi connectivity index (χ0n) is 23.9. The summed E-state index contributed by atoms with van der Waals surface area (Å²) in [5.74, 6) is -5.61. The lowest BCUT2D eigenvalue weighted by Crippen LogP contribution is -2.64. The molecule has 0 aromatic carbocycles. The van der Waals surface area contributed by atoms with E-state index in [9.17, 15) is 49.5 Å². The van der Waals surface area contributed by atoms with Crippen molar-refractivity contribution in [2.24, 2.45) is 5.73 Å². The highest BCUT2D eigenvalue weighted by Gasteiger charge is 2.39. The highest BCUT2D eigenvalue weighted by atomic mass is 16.6. The highest BCUT2D eigenvalue weighted by molar-refractivity contribution is 5.79. The predicted octanol–water partition coefficient (Wildman–Crippen LogP) is -6.34. The summed E-state index contributed by atoms with van der Waals surface area (Å²) < 4.78 is 5.03. The quantitative estimate of drug-likeness (QED) is 0.0313. The molecule has 0 aromatic rings. The third-order valence-electron chi connectivity index (χ3n) is 5.76. The standard InChI is InChI=1S/C23H44N6O14/c1-15(31)22(42)23(24,43-21(41)13-30)14-25-2-3-26-16(32)8-28(10-18(35)36)6-4-27(9-17(33)34)5-7-29(11-19(37)38)12-20(39)40/h15,21-22,25,30-31,41-42H,2-14,24H2,1H3,(H,26,32)(H,33,34)(H,35,36)(H,37,38)(H,39,40). The van der Waals surface area contributed by atoms with Crippen LogP contribution in [0, 0.1) is 0 Å². The van der Waals surface area contributed by atoms with Gasteiger partial charge in [-0.1, -0.05) is 0 Å². The van der Waals surface area contributed by atoms with Gasteiger partial charge in [-0.25, -0.2) is 0 Å². The van der Waals surface area contributed by atoms with Crippen LogP contribution < -0.4 is 16.4 Å². The number of nitrogens with two attached hydrogens (primary N) is 1. The number of carboxylic acid groups (broad SMARTS) is 4. The van der Waals surface area contributed by atoms with Gasteiger partial charge in [0.2, 0.25) is 5.91 Å². The SMILES string of the molecule is CC(O)C(O)C(N)(CNCCNC(=O)CN(CCN(CCN(CC(=O)O)CC(=O)O)CC(=O)O)CC(=O)O)OC(O)CO. The van der Waals surface area contributed by atoms with Gasteiger partial charge in [-0.2, -0.15) is 0 Å². The van der Waals surface area contributed by atoms with Crippen molar-refractivity contribution >= 4 is 29.8 Å². The molecule has 12 N–H and O–H groups in total. The van der Waals surface area contributed by atoms with E-state index in [1.807, 2.05) is 0 Å². The number of ether oxygens (including phenoxy) is 1. The van der Waals surface area contributed by atoms with Gasteiger partial charge in [0.1, 0.15) is 6.10 Å². The van der Waals surface area contributed by atoms with Gasteiger partial charge in [0.05, 0.1) is 45.4 Å². The molecule has 0 aromatic heterocycles. The number of hydrogen-bond acceptors (Lipinski definition) is 15. The van der Waals surface area contributed by atoms with E-state index in [0.717, 1.165) is 4.90 Å². The topological polar surface area (TPSA) is 316 Å². The average Bonchev–Trinajstić information content (AvgIpc) is 2.87. The molecule has 0 heterocycles. The number of hydrogen-bond donors (Lipinski definition) is 11. The van der Waals surface area contributed by atoms with Crippen LogP contribution in [-0.4, -0.2) is 195 Å². The van der Waals surface area contributed by atoms with Crippen LogP contribution in [0.15, 0.2) is 0 Å². The van der Waals surface area contributed by atoms with Gasteiger partial charge < -0.3 is 62.0 Å². The van der Waals surface area contributed by atoms with Crippen LogP contribution in [0.3, 0.4) is 0 Å². The number of rotatable bonds is 26. The predicted molar refractivity (Wildman–Crippen MR) is 145 cm³/mol. The van der Waals surface area contributed by atoms with Gasteiger partial charge in [-0.3, -0.25) is 38.7 Å². The van der Waals surface area contributed by atoms with Gasteiger partial charge in [0.25, 0.3) is 0 Å². The Balaban J connectivity index is 5.01. The van der Waals surface area contributed by atoms with Gasteiger partial charge >= 0.3 is 23.9 Å². The Morgan fingerprint density at radius 2 is 1.16 bits per heavy atom. The molecule has 0 spiro atoms. The summed E-state index contributed by atoms with van der Waals surface area (Å²) >= 11 is 0. The Labute approximate surface area is 247 Å². The summed E-state index contributed by atoms with van der Waals surface area (Å²) in [6, 6.07) is 0. The molecular formula is C23H44N6O14. The molecule has 0 bridgehead atoms. The van der Waals surface area contributed by atoms with Crippen LogP contribution in [0.2, 0.25) is 0 Å². The van der Waals surface area contributed by atoms with Crippen LogP contribution in [0.25, 0.3) is 0 Å². The van der Waals surface area contributed by atoms with Crippen molar-refractivity contribution < 1.29 is 69.6 Å². The average molecular weight is 629 g/mol. The van der Waals surface area contributed by atoms with Crippen LogP contribution >= 0.6 is 0 Å². The fourth-order valence-electron chi connectivity index (χ4n) is 3.78. The Hall–Kier alpha value is -3.05. The Bertz CT molecular complexity index is 881. The molecule has 20 nitrogen and oxygen atoms in total. The van der Waals surface area contributed by atoms with Gasteiger partial charge in [0, 0.05) is 45.8 Å². The lowest BCUT2D eigenvalue weighted by atomic mass is 10.0. The second-order valence-corrected chi connectivity index (χ2v) is 9.69. The van der Waals surface area contributed by atoms with E-state index in [-0.39, 0.29) is 52.4 Å². The zero-order chi connectivity index (χ0) is 33.2. The molecule has 250 valence electrons. The fraction of sp³-hybridized carbons (Fsp3) is 0.783. The summed E-state index contributed by atoms with van der Waals surface area (Å²) in [6.07, 6.45) is -4.74. The van der Waals surface area contributed by atoms with Crippen LogP contribution in [0.4, 0.5) is 0 Å². The summed E-state index contributed by atoms with van der Waals surface area (Å²) in [7, 11) is 0. The van der Waals surface area contributed by atoms with Crippen molar-refractivity contribution in [3.8, 4) is 0 Å². The molecular weight excluding hydrogens is 584 g/mol. The number of nitrogens with one attached hydrogen (secondary N) is 2. The van der Waals surface area contributed by atoms with Crippen LogP contribution in [0.5, 0.6) is 0 Å². The Kier molecular flexibility index (Phi) is 19.3. The Morgan fingerprint density at radius 1 is 0.744 bits per heavy atom. The third-order valence-corrected chi connectivity index (χ3v) is 5.76. The molecule has 0 rings (SSSR count). The maximum atomic E-state index is 12.4. The number of carboxylic acids is 4. The molecule has 20 heteroatoms. The van der Waals surface area contributed by atoms with E-state index < -0.39 is 86.8 Å². The molecule has 43 heavy (non-hydrogen) atoms. The molecule has 4 unspecified atom stereocenters. The zero-order valence-corrected chi connectivity index (χ0v) is 23.9. The monoisotopic (exact) mass is 628 g/mol. The minimum absolute atomic E-state index is 0.00270. The molecule has 0 aliphatic heterocycles. The molecule has 0 fully saturated rings. The summed E-state index contributed by atoms with van der Waals surface area (Å²) in [6.45, 7) is -2.71. The van der Waals surface area contributed by atoms with Crippen molar-refractivity contribution in [3.05, 3.63) is 0 Å². The summed E-state index contributed by atoms with van der Waals surface area (Å²) in [4.78, 5) is 60.7. The van der Waals surface area contributed by atoms with Crippen molar-refractivity contribution in [1.29, 1.82) is 0 Å². The van der Waals surface area contributed by atoms with E-state index >= 15 is 0 Å². The smallest absolute Gasteiger partial charge is 0.317 e. The normalized spacial score (nSPS) is 15.2. The van der Waals surface area contributed by atoms with E-state index in [0.29, 0.717) is 0 Å². The fourth-order valence-corrected chi connectivity index (χ4v) is 3.78. The first-order valence-corrected chi connectivity index (χ1v) is 13.1. The molecule has 0 radical (unpaired) electrons. The molecule has 0 saturated carbocycles. The van der Waals surface area contributed by atoms with Crippen molar-refractivity contribution in [2.75, 3.05) is 85.1 Å². The maximum Gasteiger partial charge on any atom is 0.317 e. The van der Waals surface area contributed by atoms with E-state index in [2.05, 4.69) is 10.6 Å². The lowest BCUT2D eigenvalue weighted by molar-refractivity contribution is -0.239. The molecule has 0 saturated heterocycles. The minimum Gasteiger partial charge on any atom is -0.480 e. The first kappa shape index (κ1) is 40.0. The van der Waals surface area contributed by atoms with Gasteiger partial charge in [0.15, 0.2) is 12.0 Å². The number of nitrogens with zero attached hydrogens (tertiary/aromatic N) is 3. The van der Waals surface area contributed by atoms with E-state index in [1.165, 1.54) is 16.7 Å². The lowest BCUT2D eigenvalue weighted by Gasteiger charge is -2.37.